The van der Waals surface area contributed by atoms with Crippen LogP contribution in [0.15, 0.2) is 47.1 Å². The quantitative estimate of drug-likeness (QED) is 0.732. The Balaban J connectivity index is 1.56. The van der Waals surface area contributed by atoms with Crippen LogP contribution in [0.1, 0.15) is 18.2 Å². The minimum Gasteiger partial charge on any atom is -0.339 e. The molecule has 1 fully saturated rings. The first-order chi connectivity index (χ1) is 12.1. The Bertz CT molecular complexity index is 929. The molecule has 3 aromatic rings. The lowest BCUT2D eigenvalue weighted by Crippen LogP contribution is -2.24. The highest BCUT2D eigenvalue weighted by Crippen LogP contribution is 2.32. The van der Waals surface area contributed by atoms with Gasteiger partial charge in [-0.1, -0.05) is 11.2 Å². The molecule has 0 N–H and O–H groups in total. The van der Waals surface area contributed by atoms with Gasteiger partial charge in [-0.2, -0.15) is 4.98 Å². The molecule has 1 amide bonds. The van der Waals surface area contributed by atoms with Gasteiger partial charge in [0.25, 0.3) is 0 Å². The molecular formula is C17H12F2N4O2. The van der Waals surface area contributed by atoms with Gasteiger partial charge >= 0.3 is 0 Å². The molecule has 1 aliphatic rings. The van der Waals surface area contributed by atoms with Gasteiger partial charge in [-0.05, 0) is 24.3 Å². The largest absolute Gasteiger partial charge is 0.339 e. The number of carbonyl (C=O) groups excluding carboxylic acids is 1. The van der Waals surface area contributed by atoms with Crippen molar-refractivity contribution in [3.05, 3.63) is 60.1 Å². The molecule has 1 aliphatic heterocycles. The molecule has 4 rings (SSSR count). The van der Waals surface area contributed by atoms with E-state index in [0.29, 0.717) is 23.1 Å². The van der Waals surface area contributed by atoms with Gasteiger partial charge in [-0.25, -0.2) is 8.78 Å². The first-order valence-corrected chi connectivity index (χ1v) is 7.62. The van der Waals surface area contributed by atoms with Gasteiger partial charge in [0.1, 0.15) is 5.69 Å². The fourth-order valence-corrected chi connectivity index (χ4v) is 2.78. The maximum absolute atomic E-state index is 13.4. The average molecular weight is 342 g/mol. The van der Waals surface area contributed by atoms with Gasteiger partial charge in [-0.15, -0.1) is 0 Å². The minimum atomic E-state index is -0.996. The molecule has 1 atom stereocenters. The van der Waals surface area contributed by atoms with Crippen LogP contribution < -0.4 is 4.90 Å². The van der Waals surface area contributed by atoms with E-state index in [1.54, 1.807) is 18.3 Å². The fraction of sp³-hybridized carbons (Fsp3) is 0.176. The topological polar surface area (TPSA) is 72.1 Å². The van der Waals surface area contributed by atoms with Crippen LogP contribution in [0, 0.1) is 11.6 Å². The van der Waals surface area contributed by atoms with E-state index in [1.807, 2.05) is 6.07 Å². The summed E-state index contributed by atoms with van der Waals surface area (Å²) in [5.74, 6) is -1.82. The standard InChI is InChI=1S/C17H12F2N4O2/c18-12-5-4-11(8-13(12)19)23-9-10(7-15(23)24)17-21-16(22-25-17)14-3-1-2-6-20-14/h1-6,8,10H,7,9H2. The molecule has 0 spiro atoms. The van der Waals surface area contributed by atoms with Crippen LogP contribution in [-0.2, 0) is 4.79 Å². The Morgan fingerprint density at radius 3 is 2.80 bits per heavy atom. The summed E-state index contributed by atoms with van der Waals surface area (Å²) in [6.45, 7) is 0.258. The molecule has 3 heterocycles. The molecule has 0 radical (unpaired) electrons. The predicted octanol–water partition coefficient (Wildman–Crippen LogP) is 2.93. The van der Waals surface area contributed by atoms with Crippen LogP contribution in [0.5, 0.6) is 0 Å². The number of pyridine rings is 1. The van der Waals surface area contributed by atoms with E-state index in [1.165, 1.54) is 11.0 Å². The number of rotatable bonds is 3. The van der Waals surface area contributed by atoms with Gasteiger partial charge in [-0.3, -0.25) is 9.78 Å². The highest BCUT2D eigenvalue weighted by atomic mass is 19.2. The number of hydrogen-bond acceptors (Lipinski definition) is 5. The Kier molecular flexibility index (Phi) is 3.72. The van der Waals surface area contributed by atoms with Crippen molar-refractivity contribution in [2.24, 2.45) is 0 Å². The third kappa shape index (κ3) is 2.86. The summed E-state index contributed by atoms with van der Waals surface area (Å²) in [5, 5.41) is 3.89. The summed E-state index contributed by atoms with van der Waals surface area (Å²) in [7, 11) is 0. The molecule has 1 saturated heterocycles. The molecule has 25 heavy (non-hydrogen) atoms. The highest BCUT2D eigenvalue weighted by Gasteiger charge is 2.35. The molecule has 2 aromatic heterocycles. The summed E-state index contributed by atoms with van der Waals surface area (Å²) in [5.41, 5.74) is 0.871. The highest BCUT2D eigenvalue weighted by molar-refractivity contribution is 5.96. The first kappa shape index (κ1) is 15.4. The van der Waals surface area contributed by atoms with E-state index in [9.17, 15) is 13.6 Å². The van der Waals surface area contributed by atoms with Crippen molar-refractivity contribution in [2.45, 2.75) is 12.3 Å². The first-order valence-electron chi connectivity index (χ1n) is 7.62. The molecule has 6 nitrogen and oxygen atoms in total. The third-order valence-corrected chi connectivity index (χ3v) is 4.02. The van der Waals surface area contributed by atoms with Crippen molar-refractivity contribution >= 4 is 11.6 Å². The Hall–Kier alpha value is -3.16. The van der Waals surface area contributed by atoms with Crippen LogP contribution in [0.2, 0.25) is 0 Å². The summed E-state index contributed by atoms with van der Waals surface area (Å²) in [4.78, 5) is 22.1. The van der Waals surface area contributed by atoms with Crippen LogP contribution in [0.25, 0.3) is 11.5 Å². The van der Waals surface area contributed by atoms with E-state index in [4.69, 9.17) is 4.52 Å². The van der Waals surface area contributed by atoms with Gasteiger partial charge in [0.2, 0.25) is 17.6 Å². The van der Waals surface area contributed by atoms with E-state index >= 15 is 0 Å². The van der Waals surface area contributed by atoms with Gasteiger partial charge in [0, 0.05) is 30.9 Å². The van der Waals surface area contributed by atoms with Crippen molar-refractivity contribution in [1.29, 1.82) is 0 Å². The van der Waals surface area contributed by atoms with E-state index < -0.39 is 11.6 Å². The number of carbonyl (C=O) groups is 1. The molecule has 1 aromatic carbocycles. The Morgan fingerprint density at radius 1 is 1.16 bits per heavy atom. The number of benzene rings is 1. The van der Waals surface area contributed by atoms with Crippen molar-refractivity contribution in [1.82, 2.24) is 15.1 Å². The van der Waals surface area contributed by atoms with Crippen molar-refractivity contribution in [2.75, 3.05) is 11.4 Å². The number of hydrogen-bond donors (Lipinski definition) is 0. The lowest BCUT2D eigenvalue weighted by molar-refractivity contribution is -0.117. The summed E-state index contributed by atoms with van der Waals surface area (Å²) in [6, 6.07) is 8.70. The zero-order chi connectivity index (χ0) is 17.4. The number of aromatic nitrogens is 3. The number of amides is 1. The molecule has 1 unspecified atom stereocenters. The van der Waals surface area contributed by atoms with E-state index in [-0.39, 0.29) is 24.8 Å². The van der Waals surface area contributed by atoms with Crippen LogP contribution in [0.4, 0.5) is 14.5 Å². The SMILES string of the molecule is O=C1CC(c2nc(-c3ccccn3)no2)CN1c1ccc(F)c(F)c1. The van der Waals surface area contributed by atoms with Gasteiger partial charge < -0.3 is 9.42 Å². The second-order valence-electron chi connectivity index (χ2n) is 5.68. The van der Waals surface area contributed by atoms with E-state index in [2.05, 4.69) is 15.1 Å². The molecule has 0 bridgehead atoms. The van der Waals surface area contributed by atoms with Gasteiger partial charge in [0.15, 0.2) is 11.6 Å². The third-order valence-electron chi connectivity index (χ3n) is 4.02. The van der Waals surface area contributed by atoms with Crippen LogP contribution in [-0.4, -0.2) is 27.6 Å². The maximum Gasteiger partial charge on any atom is 0.232 e. The lowest BCUT2D eigenvalue weighted by Gasteiger charge is -2.16. The summed E-state index contributed by atoms with van der Waals surface area (Å²) >= 11 is 0. The zero-order valence-electron chi connectivity index (χ0n) is 12.9. The second kappa shape index (κ2) is 6.04. The van der Waals surface area contributed by atoms with Crippen molar-refractivity contribution in [3.8, 4) is 11.5 Å². The lowest BCUT2D eigenvalue weighted by atomic mass is 10.1. The predicted molar refractivity (Wildman–Crippen MR) is 83.6 cm³/mol. The normalized spacial score (nSPS) is 17.3. The van der Waals surface area contributed by atoms with Gasteiger partial charge in [0.05, 0.1) is 5.92 Å². The second-order valence-corrected chi connectivity index (χ2v) is 5.68. The zero-order valence-corrected chi connectivity index (χ0v) is 12.9. The van der Waals surface area contributed by atoms with Crippen LogP contribution in [0.3, 0.4) is 0 Å². The molecule has 0 saturated carbocycles. The smallest absolute Gasteiger partial charge is 0.232 e. The average Bonchev–Trinajstić information content (AvgIpc) is 3.25. The number of anilines is 1. The Morgan fingerprint density at radius 2 is 2.04 bits per heavy atom. The summed E-state index contributed by atoms with van der Waals surface area (Å²) in [6.07, 6.45) is 1.78. The number of nitrogens with zero attached hydrogens (tertiary/aromatic N) is 4. The Labute approximate surface area is 141 Å². The summed E-state index contributed by atoms with van der Waals surface area (Å²) < 4.78 is 31.7. The molecular weight excluding hydrogens is 330 g/mol. The molecule has 126 valence electrons. The minimum absolute atomic E-state index is 0.156. The van der Waals surface area contributed by atoms with E-state index in [0.717, 1.165) is 12.1 Å². The van der Waals surface area contributed by atoms with Crippen molar-refractivity contribution in [3.63, 3.8) is 0 Å². The monoisotopic (exact) mass is 342 g/mol. The molecule has 8 heteroatoms. The fourth-order valence-electron chi connectivity index (χ4n) is 2.78. The van der Waals surface area contributed by atoms with Crippen LogP contribution >= 0.6 is 0 Å². The van der Waals surface area contributed by atoms with Crippen molar-refractivity contribution < 1.29 is 18.1 Å². The number of halogens is 2. The maximum atomic E-state index is 13.4. The molecule has 0 aliphatic carbocycles.